The van der Waals surface area contributed by atoms with Gasteiger partial charge >= 0.3 is 6.09 Å². The third kappa shape index (κ3) is 6.48. The summed E-state index contributed by atoms with van der Waals surface area (Å²) < 4.78 is 5.55. The van der Waals surface area contributed by atoms with Crippen molar-refractivity contribution in [3.8, 4) is 11.3 Å². The van der Waals surface area contributed by atoms with Crippen LogP contribution in [0.3, 0.4) is 0 Å². The summed E-state index contributed by atoms with van der Waals surface area (Å²) >= 11 is 0. The van der Waals surface area contributed by atoms with Gasteiger partial charge in [0.05, 0.1) is 5.69 Å². The molecule has 1 aliphatic heterocycles. The van der Waals surface area contributed by atoms with Crippen molar-refractivity contribution in [2.45, 2.75) is 70.9 Å². The van der Waals surface area contributed by atoms with Gasteiger partial charge in [-0.3, -0.25) is 4.98 Å². The molecule has 1 saturated heterocycles. The molecule has 0 radical (unpaired) electrons. The highest BCUT2D eigenvalue weighted by Gasteiger charge is 2.29. The van der Waals surface area contributed by atoms with Crippen molar-refractivity contribution in [1.82, 2.24) is 19.9 Å². The molecule has 8 nitrogen and oxygen atoms in total. The lowest BCUT2D eigenvalue weighted by Gasteiger charge is -2.24. The summed E-state index contributed by atoms with van der Waals surface area (Å²) in [6.07, 6.45) is 12.5. The molecule has 2 aliphatic rings. The lowest BCUT2D eigenvalue weighted by atomic mass is 9.95. The number of carbonyl (C=O) groups is 1. The standard InChI is InChI=1S/C29H38N6O2/c1-29(2,3)37-28(36)35-14-11-20(19-35)17-32-27-24-10-12-30-18-22(24)15-25(34-27)21-9-13-31-26(16-21)33-23-7-5-4-6-8-23/h9-10,12-13,15-16,18,20,23H,4-8,11,14,17,19H2,1-3H3,(H,31,33)(H,32,34)/t20-/m1/s1. The minimum Gasteiger partial charge on any atom is -0.444 e. The van der Waals surface area contributed by atoms with E-state index in [4.69, 9.17) is 9.72 Å². The highest BCUT2D eigenvalue weighted by Crippen LogP contribution is 2.30. The number of ether oxygens (including phenoxy) is 1. The minimum absolute atomic E-state index is 0.234. The first-order valence-corrected chi connectivity index (χ1v) is 13.5. The molecule has 8 heteroatoms. The Morgan fingerprint density at radius 3 is 2.76 bits per heavy atom. The SMILES string of the molecule is CC(C)(C)OC(=O)N1CC[C@H](CNc2nc(-c3ccnc(NC4CCCCC4)c3)cc3cnccc23)C1. The Hall–Kier alpha value is -3.42. The Morgan fingerprint density at radius 1 is 1.11 bits per heavy atom. The Balaban J connectivity index is 1.31. The van der Waals surface area contributed by atoms with Crippen LogP contribution in [0.25, 0.3) is 22.0 Å². The molecule has 3 aromatic rings. The van der Waals surface area contributed by atoms with Crippen molar-refractivity contribution < 1.29 is 9.53 Å². The van der Waals surface area contributed by atoms with Gasteiger partial charge in [0.2, 0.25) is 0 Å². The largest absolute Gasteiger partial charge is 0.444 e. The molecule has 5 rings (SSSR count). The van der Waals surface area contributed by atoms with E-state index in [9.17, 15) is 4.79 Å². The van der Waals surface area contributed by atoms with Crippen LogP contribution in [0.15, 0.2) is 42.9 Å². The Morgan fingerprint density at radius 2 is 1.95 bits per heavy atom. The van der Waals surface area contributed by atoms with Gasteiger partial charge in [-0.1, -0.05) is 19.3 Å². The highest BCUT2D eigenvalue weighted by atomic mass is 16.6. The average molecular weight is 503 g/mol. The van der Waals surface area contributed by atoms with Crippen LogP contribution in [0, 0.1) is 5.92 Å². The molecule has 0 aromatic carbocycles. The normalized spacial score (nSPS) is 18.7. The molecule has 3 aromatic heterocycles. The summed E-state index contributed by atoms with van der Waals surface area (Å²) in [5.41, 5.74) is 1.43. The molecule has 0 spiro atoms. The molecule has 0 bridgehead atoms. The predicted octanol–water partition coefficient (Wildman–Crippen LogP) is 6.11. The number of hydrogen-bond acceptors (Lipinski definition) is 7. The molecule has 1 saturated carbocycles. The maximum atomic E-state index is 12.5. The Labute approximate surface area is 219 Å². The van der Waals surface area contributed by atoms with Gasteiger partial charge in [0, 0.05) is 60.6 Å². The number of likely N-dealkylation sites (tertiary alicyclic amines) is 1. The van der Waals surface area contributed by atoms with E-state index < -0.39 is 5.60 Å². The van der Waals surface area contributed by atoms with Crippen LogP contribution >= 0.6 is 0 Å². The fourth-order valence-electron chi connectivity index (χ4n) is 5.24. The molecule has 1 amide bonds. The lowest BCUT2D eigenvalue weighted by Crippen LogP contribution is -2.35. The number of anilines is 2. The summed E-state index contributed by atoms with van der Waals surface area (Å²) in [6.45, 7) is 7.83. The van der Waals surface area contributed by atoms with Gasteiger partial charge in [-0.25, -0.2) is 14.8 Å². The Kier molecular flexibility index (Phi) is 7.44. The van der Waals surface area contributed by atoms with Gasteiger partial charge in [0.15, 0.2) is 0 Å². The zero-order chi connectivity index (χ0) is 25.8. The van der Waals surface area contributed by atoms with Crippen molar-refractivity contribution in [3.63, 3.8) is 0 Å². The lowest BCUT2D eigenvalue weighted by molar-refractivity contribution is 0.0289. The number of nitrogens with zero attached hydrogens (tertiary/aromatic N) is 4. The summed E-state index contributed by atoms with van der Waals surface area (Å²) in [5.74, 6) is 2.08. The average Bonchev–Trinajstić information content (AvgIpc) is 3.36. The summed E-state index contributed by atoms with van der Waals surface area (Å²) in [4.78, 5) is 28.2. The molecule has 196 valence electrons. The van der Waals surface area contributed by atoms with Gasteiger partial charge in [-0.05, 0) is 70.2 Å². The molecular formula is C29H38N6O2. The quantitative estimate of drug-likeness (QED) is 0.420. The van der Waals surface area contributed by atoms with Gasteiger partial charge in [-0.15, -0.1) is 0 Å². The number of rotatable bonds is 6. The molecule has 1 atom stereocenters. The topological polar surface area (TPSA) is 92.3 Å². The third-order valence-corrected chi connectivity index (χ3v) is 7.14. The predicted molar refractivity (Wildman–Crippen MR) is 148 cm³/mol. The molecule has 0 unspecified atom stereocenters. The van der Waals surface area contributed by atoms with Crippen LogP contribution in [-0.4, -0.2) is 57.2 Å². The fraction of sp³-hybridized carbons (Fsp3) is 0.517. The smallest absolute Gasteiger partial charge is 0.410 e. The summed E-state index contributed by atoms with van der Waals surface area (Å²) in [5, 5.41) is 9.28. The van der Waals surface area contributed by atoms with E-state index >= 15 is 0 Å². The number of carbonyl (C=O) groups excluding carboxylic acids is 1. The van der Waals surface area contributed by atoms with Crippen molar-refractivity contribution in [2.24, 2.45) is 5.92 Å². The van der Waals surface area contributed by atoms with Crippen LogP contribution < -0.4 is 10.6 Å². The van der Waals surface area contributed by atoms with E-state index in [2.05, 4.69) is 32.7 Å². The van der Waals surface area contributed by atoms with Crippen LogP contribution in [0.2, 0.25) is 0 Å². The second-order valence-electron chi connectivity index (χ2n) is 11.3. The van der Waals surface area contributed by atoms with Crippen LogP contribution in [0.5, 0.6) is 0 Å². The number of aromatic nitrogens is 3. The van der Waals surface area contributed by atoms with E-state index in [-0.39, 0.29) is 6.09 Å². The zero-order valence-electron chi connectivity index (χ0n) is 22.2. The number of pyridine rings is 3. The van der Waals surface area contributed by atoms with Crippen LogP contribution in [0.1, 0.15) is 59.3 Å². The second-order valence-corrected chi connectivity index (χ2v) is 11.3. The van der Waals surface area contributed by atoms with Crippen molar-refractivity contribution >= 4 is 28.5 Å². The van der Waals surface area contributed by atoms with E-state index in [0.717, 1.165) is 46.6 Å². The molecule has 2 fully saturated rings. The van der Waals surface area contributed by atoms with Gasteiger partial charge in [0.25, 0.3) is 0 Å². The number of hydrogen-bond donors (Lipinski definition) is 2. The first-order valence-electron chi connectivity index (χ1n) is 13.5. The molecule has 4 heterocycles. The number of fused-ring (bicyclic) bond motifs is 1. The third-order valence-electron chi connectivity index (χ3n) is 7.14. The van der Waals surface area contributed by atoms with Gasteiger partial charge in [0.1, 0.15) is 17.2 Å². The Bertz CT molecular complexity index is 1230. The first kappa shape index (κ1) is 25.2. The minimum atomic E-state index is -0.483. The fourth-order valence-corrected chi connectivity index (χ4v) is 5.24. The van der Waals surface area contributed by atoms with Crippen molar-refractivity contribution in [1.29, 1.82) is 0 Å². The van der Waals surface area contributed by atoms with Gasteiger partial charge in [-0.2, -0.15) is 0 Å². The van der Waals surface area contributed by atoms with Crippen LogP contribution in [-0.2, 0) is 4.74 Å². The first-order chi connectivity index (χ1) is 17.8. The van der Waals surface area contributed by atoms with Crippen LogP contribution in [0.4, 0.5) is 16.4 Å². The van der Waals surface area contributed by atoms with Crippen molar-refractivity contribution in [2.75, 3.05) is 30.3 Å². The maximum absolute atomic E-state index is 12.5. The molecule has 1 aliphatic carbocycles. The second kappa shape index (κ2) is 10.9. The maximum Gasteiger partial charge on any atom is 0.410 e. The van der Waals surface area contributed by atoms with Gasteiger partial charge < -0.3 is 20.3 Å². The van der Waals surface area contributed by atoms with E-state index in [1.165, 1.54) is 32.1 Å². The molecule has 37 heavy (non-hydrogen) atoms. The molecular weight excluding hydrogens is 464 g/mol. The monoisotopic (exact) mass is 502 g/mol. The van der Waals surface area contributed by atoms with E-state index in [1.807, 2.05) is 45.3 Å². The van der Waals surface area contributed by atoms with E-state index in [1.54, 1.807) is 11.1 Å². The number of amides is 1. The zero-order valence-corrected chi connectivity index (χ0v) is 22.2. The molecule has 2 N–H and O–H groups in total. The number of nitrogens with one attached hydrogen (secondary N) is 2. The van der Waals surface area contributed by atoms with Crippen molar-refractivity contribution in [3.05, 3.63) is 42.9 Å². The summed E-state index contributed by atoms with van der Waals surface area (Å²) in [7, 11) is 0. The highest BCUT2D eigenvalue weighted by molar-refractivity contribution is 5.94. The summed E-state index contributed by atoms with van der Waals surface area (Å²) in [6, 6.07) is 8.69. The van der Waals surface area contributed by atoms with E-state index in [0.29, 0.717) is 25.0 Å².